The Kier molecular flexibility index (Phi) is 6.15. The molecule has 108 valence electrons. The maximum Gasteiger partial charge on any atom is 0.129 e. The number of halogens is 2. The highest BCUT2D eigenvalue weighted by Gasteiger charge is 2.07. The highest BCUT2D eigenvalue weighted by molar-refractivity contribution is 14.1. The number of hydrogen-bond donors (Lipinski definition) is 2. The summed E-state index contributed by atoms with van der Waals surface area (Å²) in [6.07, 6.45) is 1.01. The molecule has 2 aromatic rings. The average molecular weight is 408 g/mol. The first kappa shape index (κ1) is 15.6. The predicted molar refractivity (Wildman–Crippen MR) is 87.0 cm³/mol. The standard InChI is InChI=1S/C14H15ClINO3/c15-10-3-4-14(13(16)6-10)17-7-11(18)8-19-9-12-2-1-5-20-12/h1-6,11,17-18H,7-9H2. The number of aliphatic hydroxyl groups is 1. The van der Waals surface area contributed by atoms with Gasteiger partial charge in [-0.1, -0.05) is 11.6 Å². The van der Waals surface area contributed by atoms with Crippen LogP contribution in [0.15, 0.2) is 41.0 Å². The number of nitrogens with one attached hydrogen (secondary N) is 1. The molecule has 0 radical (unpaired) electrons. The fourth-order valence-electron chi connectivity index (χ4n) is 1.61. The highest BCUT2D eigenvalue weighted by Crippen LogP contribution is 2.22. The van der Waals surface area contributed by atoms with Gasteiger partial charge in [-0.15, -0.1) is 0 Å². The van der Waals surface area contributed by atoms with Crippen molar-refractivity contribution in [1.82, 2.24) is 0 Å². The van der Waals surface area contributed by atoms with Crippen LogP contribution in [0, 0.1) is 3.57 Å². The van der Waals surface area contributed by atoms with Crippen LogP contribution in [0.2, 0.25) is 5.02 Å². The summed E-state index contributed by atoms with van der Waals surface area (Å²) in [5, 5.41) is 13.7. The van der Waals surface area contributed by atoms with Crippen molar-refractivity contribution in [3.05, 3.63) is 50.9 Å². The van der Waals surface area contributed by atoms with Gasteiger partial charge in [-0.05, 0) is 52.9 Å². The van der Waals surface area contributed by atoms with Gasteiger partial charge in [0.15, 0.2) is 0 Å². The monoisotopic (exact) mass is 407 g/mol. The zero-order valence-electron chi connectivity index (χ0n) is 10.7. The largest absolute Gasteiger partial charge is 0.467 e. The highest BCUT2D eigenvalue weighted by atomic mass is 127. The number of anilines is 1. The molecule has 2 N–H and O–H groups in total. The van der Waals surface area contributed by atoms with Gasteiger partial charge >= 0.3 is 0 Å². The van der Waals surface area contributed by atoms with Crippen molar-refractivity contribution >= 4 is 39.9 Å². The first-order valence-corrected chi connectivity index (χ1v) is 7.58. The van der Waals surface area contributed by atoms with Crippen LogP contribution in [0.5, 0.6) is 0 Å². The van der Waals surface area contributed by atoms with Gasteiger partial charge in [0.2, 0.25) is 0 Å². The fourth-order valence-corrected chi connectivity index (χ4v) is 2.67. The lowest BCUT2D eigenvalue weighted by Crippen LogP contribution is -2.25. The van der Waals surface area contributed by atoms with E-state index in [0.29, 0.717) is 18.2 Å². The Balaban J connectivity index is 1.70. The van der Waals surface area contributed by atoms with E-state index in [4.69, 9.17) is 20.8 Å². The average Bonchev–Trinajstić information content (AvgIpc) is 2.91. The van der Waals surface area contributed by atoms with E-state index in [0.717, 1.165) is 15.0 Å². The van der Waals surface area contributed by atoms with Crippen LogP contribution in [0.3, 0.4) is 0 Å². The van der Waals surface area contributed by atoms with Crippen LogP contribution in [0.1, 0.15) is 5.76 Å². The summed E-state index contributed by atoms with van der Waals surface area (Å²) >= 11 is 8.08. The maximum atomic E-state index is 9.84. The molecule has 4 nitrogen and oxygen atoms in total. The molecule has 2 rings (SSSR count). The lowest BCUT2D eigenvalue weighted by atomic mass is 10.3. The number of furan rings is 1. The fraction of sp³-hybridized carbons (Fsp3) is 0.286. The van der Waals surface area contributed by atoms with E-state index in [9.17, 15) is 5.11 Å². The van der Waals surface area contributed by atoms with E-state index < -0.39 is 6.10 Å². The van der Waals surface area contributed by atoms with Crippen molar-refractivity contribution in [2.75, 3.05) is 18.5 Å². The molecule has 0 bridgehead atoms. The molecule has 1 unspecified atom stereocenters. The molecular weight excluding hydrogens is 393 g/mol. The van der Waals surface area contributed by atoms with Gasteiger partial charge in [-0.3, -0.25) is 0 Å². The number of ether oxygens (including phenoxy) is 1. The van der Waals surface area contributed by atoms with Crippen molar-refractivity contribution < 1.29 is 14.3 Å². The first-order valence-electron chi connectivity index (χ1n) is 6.12. The van der Waals surface area contributed by atoms with Crippen LogP contribution in [-0.4, -0.2) is 24.4 Å². The summed E-state index contributed by atoms with van der Waals surface area (Å²) in [5.41, 5.74) is 0.945. The van der Waals surface area contributed by atoms with Crippen molar-refractivity contribution in [3.63, 3.8) is 0 Å². The van der Waals surface area contributed by atoms with Crippen molar-refractivity contribution in [2.45, 2.75) is 12.7 Å². The van der Waals surface area contributed by atoms with E-state index in [1.54, 1.807) is 12.3 Å². The van der Waals surface area contributed by atoms with Gasteiger partial charge in [0, 0.05) is 20.8 Å². The zero-order chi connectivity index (χ0) is 14.4. The normalized spacial score (nSPS) is 12.3. The van der Waals surface area contributed by atoms with Gasteiger partial charge < -0.3 is 19.6 Å². The molecule has 0 amide bonds. The number of rotatable bonds is 7. The van der Waals surface area contributed by atoms with Gasteiger partial charge in [0.05, 0.1) is 19.0 Å². The Bertz CT molecular complexity index is 533. The van der Waals surface area contributed by atoms with E-state index in [1.165, 1.54) is 0 Å². The molecule has 1 aromatic heterocycles. The number of aliphatic hydroxyl groups excluding tert-OH is 1. The zero-order valence-corrected chi connectivity index (χ0v) is 13.6. The van der Waals surface area contributed by atoms with E-state index >= 15 is 0 Å². The second-order valence-electron chi connectivity index (χ2n) is 4.25. The van der Waals surface area contributed by atoms with E-state index in [1.807, 2.05) is 24.3 Å². The third-order valence-corrected chi connectivity index (χ3v) is 3.72. The molecule has 0 fully saturated rings. The molecule has 1 heterocycles. The summed E-state index contributed by atoms with van der Waals surface area (Å²) in [6.45, 7) is 1.02. The number of hydrogen-bond acceptors (Lipinski definition) is 4. The van der Waals surface area contributed by atoms with E-state index in [2.05, 4.69) is 27.9 Å². The Hall–Kier alpha value is -0.760. The van der Waals surface area contributed by atoms with Crippen LogP contribution >= 0.6 is 34.2 Å². The molecular formula is C14H15ClINO3. The quantitative estimate of drug-likeness (QED) is 0.690. The summed E-state index contributed by atoms with van der Waals surface area (Å²) in [4.78, 5) is 0. The van der Waals surface area contributed by atoms with Gasteiger partial charge in [0.25, 0.3) is 0 Å². The Labute approximate surface area is 136 Å². The minimum atomic E-state index is -0.587. The summed E-state index contributed by atoms with van der Waals surface area (Å²) in [6, 6.07) is 9.20. The molecule has 0 saturated carbocycles. The summed E-state index contributed by atoms with van der Waals surface area (Å²) in [7, 11) is 0. The molecule has 0 saturated heterocycles. The Morgan fingerprint density at radius 1 is 1.40 bits per heavy atom. The molecule has 6 heteroatoms. The Morgan fingerprint density at radius 3 is 2.95 bits per heavy atom. The smallest absolute Gasteiger partial charge is 0.129 e. The lowest BCUT2D eigenvalue weighted by molar-refractivity contribution is 0.0282. The van der Waals surface area contributed by atoms with Crippen LogP contribution in [-0.2, 0) is 11.3 Å². The minimum Gasteiger partial charge on any atom is -0.467 e. The third-order valence-electron chi connectivity index (χ3n) is 2.59. The molecule has 0 aliphatic carbocycles. The van der Waals surface area contributed by atoms with Crippen LogP contribution < -0.4 is 5.32 Å². The van der Waals surface area contributed by atoms with Gasteiger partial charge in [0.1, 0.15) is 12.4 Å². The van der Waals surface area contributed by atoms with Crippen LogP contribution in [0.4, 0.5) is 5.69 Å². The molecule has 1 atom stereocenters. The lowest BCUT2D eigenvalue weighted by Gasteiger charge is -2.14. The molecule has 0 aliphatic heterocycles. The number of benzene rings is 1. The van der Waals surface area contributed by atoms with Crippen molar-refractivity contribution in [3.8, 4) is 0 Å². The second kappa shape index (κ2) is 7.87. The van der Waals surface area contributed by atoms with Crippen LogP contribution in [0.25, 0.3) is 0 Å². The second-order valence-corrected chi connectivity index (χ2v) is 5.85. The molecule has 0 aliphatic rings. The SMILES string of the molecule is OC(CNc1ccc(Cl)cc1I)COCc1ccco1. The third kappa shape index (κ3) is 4.97. The summed E-state index contributed by atoms with van der Waals surface area (Å²) < 4.78 is 11.5. The maximum absolute atomic E-state index is 9.84. The first-order chi connectivity index (χ1) is 9.65. The molecule has 1 aromatic carbocycles. The van der Waals surface area contributed by atoms with Crippen molar-refractivity contribution in [2.24, 2.45) is 0 Å². The van der Waals surface area contributed by atoms with Gasteiger partial charge in [-0.2, -0.15) is 0 Å². The van der Waals surface area contributed by atoms with Gasteiger partial charge in [-0.25, -0.2) is 0 Å². The topological polar surface area (TPSA) is 54.6 Å². The Morgan fingerprint density at radius 2 is 2.25 bits per heavy atom. The predicted octanol–water partition coefficient (Wildman–Crippen LogP) is 3.53. The molecule has 0 spiro atoms. The van der Waals surface area contributed by atoms with E-state index in [-0.39, 0.29) is 6.61 Å². The molecule has 20 heavy (non-hydrogen) atoms. The van der Waals surface area contributed by atoms with Crippen molar-refractivity contribution in [1.29, 1.82) is 0 Å². The minimum absolute atomic E-state index is 0.248. The summed E-state index contributed by atoms with van der Waals surface area (Å²) in [5.74, 6) is 0.748.